The molecule has 12 N–H and O–H groups in total. The number of nitrogens with one attached hydrogen (secondary N) is 6. The summed E-state index contributed by atoms with van der Waals surface area (Å²) in [7, 11) is 3.66. The van der Waals surface area contributed by atoms with Gasteiger partial charge >= 0.3 is 0 Å². The van der Waals surface area contributed by atoms with Gasteiger partial charge in [0.15, 0.2) is 5.96 Å². The number of benzene rings is 2. The molecular formula is C42H68N10S3. The second kappa shape index (κ2) is 24.5. The van der Waals surface area contributed by atoms with Gasteiger partial charge in [0.25, 0.3) is 0 Å². The normalized spacial score (nSPS) is 24.9. The molecule has 2 fully saturated rings. The van der Waals surface area contributed by atoms with E-state index in [-0.39, 0.29) is 36.4 Å². The molecule has 5 unspecified atom stereocenters. The molecule has 13 heteroatoms. The summed E-state index contributed by atoms with van der Waals surface area (Å²) in [6.45, 7) is 20.6. The molecule has 0 amide bonds. The van der Waals surface area contributed by atoms with Crippen molar-refractivity contribution in [1.82, 2.24) is 31.3 Å². The third-order valence-electron chi connectivity index (χ3n) is 10.2. The summed E-state index contributed by atoms with van der Waals surface area (Å²) in [4.78, 5) is 4.29. The van der Waals surface area contributed by atoms with Crippen LogP contribution < -0.4 is 48.5 Å². The minimum absolute atomic E-state index is 0.00674. The van der Waals surface area contributed by atoms with Crippen molar-refractivity contribution in [3.63, 3.8) is 0 Å². The summed E-state index contributed by atoms with van der Waals surface area (Å²) in [6.07, 6.45) is 12.6. The monoisotopic (exact) mass is 808 g/mol. The second-order valence-electron chi connectivity index (χ2n) is 14.9. The number of unbranched alkanes of at least 4 members (excludes halogenated alkanes) is 2. The summed E-state index contributed by atoms with van der Waals surface area (Å²) in [5, 5.41) is 21.0. The molecule has 0 radical (unpaired) electrons. The molecule has 0 spiro atoms. The lowest BCUT2D eigenvalue weighted by atomic mass is 9.99. The zero-order valence-corrected chi connectivity index (χ0v) is 35.5. The Bertz CT molecular complexity index is 1540. The van der Waals surface area contributed by atoms with Gasteiger partial charge in [-0.1, -0.05) is 135 Å². The maximum atomic E-state index is 6.69. The van der Waals surface area contributed by atoms with Crippen molar-refractivity contribution in [3.8, 4) is 0 Å². The smallest absolute Gasteiger partial charge is 0.185 e. The molecule has 4 rings (SSSR count). The number of rotatable bonds is 10. The second-order valence-corrected chi connectivity index (χ2v) is 18.4. The molecule has 1 saturated heterocycles. The Balaban J connectivity index is 1.52. The fourth-order valence-electron chi connectivity index (χ4n) is 7.04. The van der Waals surface area contributed by atoms with E-state index >= 15 is 0 Å². The van der Waals surface area contributed by atoms with Crippen molar-refractivity contribution >= 4 is 50.3 Å². The van der Waals surface area contributed by atoms with Crippen molar-refractivity contribution in [3.05, 3.63) is 97.3 Å². The number of guanidine groups is 1. The lowest BCUT2D eigenvalue weighted by molar-refractivity contribution is 0.347. The number of allylic oxidation sites excluding steroid dienone is 1. The Morgan fingerprint density at radius 3 is 2.38 bits per heavy atom. The van der Waals surface area contributed by atoms with Crippen molar-refractivity contribution in [1.29, 1.82) is 0 Å². The SMILES string of the molecule is C=C1CCSNC(C2CCCC2)NC(=C)NC(CCCCC)NC(=C)C(N)CCSSCC(CCN=C(N)N)NC(=C)C(Cc2ccc3ccccc3c2)N1. The van der Waals surface area contributed by atoms with Crippen molar-refractivity contribution in [2.24, 2.45) is 28.1 Å². The van der Waals surface area contributed by atoms with Crippen LogP contribution in [0.3, 0.4) is 0 Å². The largest absolute Gasteiger partial charge is 0.383 e. The maximum Gasteiger partial charge on any atom is 0.185 e. The van der Waals surface area contributed by atoms with Gasteiger partial charge in [0, 0.05) is 53.0 Å². The van der Waals surface area contributed by atoms with Gasteiger partial charge in [-0.15, -0.1) is 0 Å². The molecule has 5 atom stereocenters. The van der Waals surface area contributed by atoms with E-state index in [1.54, 1.807) is 11.9 Å². The molecule has 0 aromatic heterocycles. The molecule has 1 aliphatic heterocycles. The van der Waals surface area contributed by atoms with Crippen LogP contribution in [0.25, 0.3) is 10.8 Å². The number of nitrogens with zero attached hydrogens (tertiary/aromatic N) is 1. The molecule has 2 aliphatic rings. The fraction of sp³-hybridized carbons (Fsp3) is 0.548. The lowest BCUT2D eigenvalue weighted by Crippen LogP contribution is -2.51. The molecule has 2 aromatic carbocycles. The number of hydrogen-bond acceptors (Lipinski definition) is 11. The molecule has 1 aliphatic carbocycles. The Morgan fingerprint density at radius 2 is 1.62 bits per heavy atom. The van der Waals surface area contributed by atoms with Gasteiger partial charge in [0.1, 0.15) is 0 Å². The highest BCUT2D eigenvalue weighted by atomic mass is 33.1. The topological polar surface area (TPSA) is 163 Å². The van der Waals surface area contributed by atoms with Gasteiger partial charge in [-0.3, -0.25) is 4.99 Å². The van der Waals surface area contributed by atoms with E-state index in [0.717, 1.165) is 85.1 Å². The zero-order valence-electron chi connectivity index (χ0n) is 33.1. The molecule has 1 heterocycles. The number of aliphatic imine (C=N–C) groups is 1. The first-order valence-electron chi connectivity index (χ1n) is 20.1. The zero-order chi connectivity index (χ0) is 39.4. The predicted molar refractivity (Wildman–Crippen MR) is 244 cm³/mol. The Hall–Kier alpha value is -3.10. The summed E-state index contributed by atoms with van der Waals surface area (Å²) in [6, 6.07) is 15.1. The maximum absolute atomic E-state index is 6.69. The van der Waals surface area contributed by atoms with Crippen LogP contribution in [0.5, 0.6) is 0 Å². The number of nitrogens with two attached hydrogens (primary N) is 3. The van der Waals surface area contributed by atoms with Crippen LogP contribution in [0.15, 0.2) is 96.7 Å². The highest BCUT2D eigenvalue weighted by molar-refractivity contribution is 8.76. The Morgan fingerprint density at radius 1 is 0.836 bits per heavy atom. The molecule has 304 valence electrons. The first kappa shape index (κ1) is 44.6. The van der Waals surface area contributed by atoms with E-state index < -0.39 is 0 Å². The Kier molecular flexibility index (Phi) is 19.9. The van der Waals surface area contributed by atoms with Crippen LogP contribution in [0.2, 0.25) is 0 Å². The van der Waals surface area contributed by atoms with Crippen LogP contribution in [-0.4, -0.2) is 60.2 Å². The van der Waals surface area contributed by atoms with E-state index in [2.05, 4.69) is 112 Å². The van der Waals surface area contributed by atoms with Gasteiger partial charge in [-0.25, -0.2) is 4.72 Å². The van der Waals surface area contributed by atoms with Gasteiger partial charge in [-0.05, 0) is 73.6 Å². The minimum atomic E-state index is -0.165. The summed E-state index contributed by atoms with van der Waals surface area (Å²) >= 11 is 1.74. The summed E-state index contributed by atoms with van der Waals surface area (Å²) in [5.74, 6) is 4.07. The van der Waals surface area contributed by atoms with Crippen molar-refractivity contribution in [2.75, 3.05) is 23.8 Å². The van der Waals surface area contributed by atoms with E-state index in [4.69, 9.17) is 17.2 Å². The lowest BCUT2D eigenvalue weighted by Gasteiger charge is -2.31. The van der Waals surface area contributed by atoms with E-state index in [0.29, 0.717) is 12.5 Å². The summed E-state index contributed by atoms with van der Waals surface area (Å²) < 4.78 is 3.77. The highest BCUT2D eigenvalue weighted by Gasteiger charge is 2.26. The molecule has 10 nitrogen and oxygen atoms in total. The quantitative estimate of drug-likeness (QED) is 0.0402. The third kappa shape index (κ3) is 16.5. The van der Waals surface area contributed by atoms with Crippen LogP contribution in [0.1, 0.15) is 83.1 Å². The van der Waals surface area contributed by atoms with Crippen molar-refractivity contribution < 1.29 is 0 Å². The van der Waals surface area contributed by atoms with E-state index in [9.17, 15) is 0 Å². The third-order valence-corrected chi connectivity index (χ3v) is 13.6. The average molecular weight is 809 g/mol. The molecule has 1 saturated carbocycles. The number of hydrogen-bond donors (Lipinski definition) is 9. The van der Waals surface area contributed by atoms with Gasteiger partial charge < -0.3 is 43.8 Å². The van der Waals surface area contributed by atoms with Crippen molar-refractivity contribution in [2.45, 2.75) is 114 Å². The minimum Gasteiger partial charge on any atom is -0.383 e. The Labute approximate surface area is 343 Å². The van der Waals surface area contributed by atoms with E-state index in [1.165, 1.54) is 48.4 Å². The first-order valence-corrected chi connectivity index (χ1v) is 23.6. The van der Waals surface area contributed by atoms with E-state index in [1.807, 2.05) is 21.6 Å². The first-order chi connectivity index (χ1) is 26.6. The van der Waals surface area contributed by atoms with Gasteiger partial charge in [0.2, 0.25) is 0 Å². The van der Waals surface area contributed by atoms with Crippen LogP contribution in [0, 0.1) is 5.92 Å². The van der Waals surface area contributed by atoms with Crippen LogP contribution >= 0.6 is 33.5 Å². The number of fused-ring (bicyclic) bond motifs is 1. The van der Waals surface area contributed by atoms with Gasteiger partial charge in [-0.2, -0.15) is 0 Å². The molecule has 55 heavy (non-hydrogen) atoms. The standard InChI is InChI=1S/C42H68N10S3/c1-6-7-8-17-40-49-30(3)38(43)22-25-54-55-28-37(20-23-46-42(44)45)48-31(4)39(27-33-18-19-34-13-9-12-16-36(34)26-33)47-29(2)21-24-53-52-41(51-32(5)50-40)35-14-10-11-15-35/h9,12-13,16,18-19,26,35,37-41,47-52H,2-8,10-11,14-15,17,20-25,27-28,43H2,1H3,(H4,44,45,46). The molecular weight excluding hydrogens is 741 g/mol. The average Bonchev–Trinajstić information content (AvgIpc) is 3.70. The molecule has 0 bridgehead atoms. The van der Waals surface area contributed by atoms with Crippen LogP contribution in [-0.2, 0) is 6.42 Å². The highest BCUT2D eigenvalue weighted by Crippen LogP contribution is 2.29. The van der Waals surface area contributed by atoms with Gasteiger partial charge in [0.05, 0.1) is 24.2 Å². The summed E-state index contributed by atoms with van der Waals surface area (Å²) in [5.41, 5.74) is 22.1. The molecule has 2 aromatic rings. The predicted octanol–water partition coefficient (Wildman–Crippen LogP) is 6.91. The fourth-order valence-corrected chi connectivity index (χ4v) is 10.3. The van der Waals surface area contributed by atoms with Crippen LogP contribution in [0.4, 0.5) is 0 Å².